The molecule has 1 saturated carbocycles. The van der Waals surface area contributed by atoms with Crippen molar-refractivity contribution in [2.45, 2.75) is 44.7 Å². The quantitative estimate of drug-likeness (QED) is 0.598. The van der Waals surface area contributed by atoms with E-state index in [2.05, 4.69) is 33.4 Å². The fourth-order valence-corrected chi connectivity index (χ4v) is 3.70. The van der Waals surface area contributed by atoms with Gasteiger partial charge in [-0.05, 0) is 53.7 Å². The summed E-state index contributed by atoms with van der Waals surface area (Å²) in [5.74, 6) is 0.796. The average Bonchev–Trinajstić information content (AvgIpc) is 3.61. The van der Waals surface area contributed by atoms with E-state index in [9.17, 15) is 9.90 Å². The van der Waals surface area contributed by atoms with Gasteiger partial charge in [0.1, 0.15) is 0 Å². The van der Waals surface area contributed by atoms with Gasteiger partial charge < -0.3 is 19.9 Å². The van der Waals surface area contributed by atoms with Crippen LogP contribution in [0.3, 0.4) is 0 Å². The Morgan fingerprint density at radius 3 is 2.47 bits per heavy atom. The van der Waals surface area contributed by atoms with Gasteiger partial charge in [-0.2, -0.15) is 0 Å². The first-order valence-corrected chi connectivity index (χ1v) is 11.1. The Morgan fingerprint density at radius 2 is 1.80 bits per heavy atom. The number of allylic oxidation sites excluding steroid dienone is 1. The third-order valence-corrected chi connectivity index (χ3v) is 6.00. The van der Waals surface area contributed by atoms with E-state index in [1.54, 1.807) is 0 Å². The van der Waals surface area contributed by atoms with E-state index >= 15 is 0 Å². The van der Waals surface area contributed by atoms with Gasteiger partial charge in [-0.3, -0.25) is 4.79 Å². The van der Waals surface area contributed by atoms with E-state index in [1.807, 2.05) is 42.5 Å². The number of hydrogen-bond donors (Lipinski definition) is 2. The number of aliphatic hydroxyl groups is 1. The van der Waals surface area contributed by atoms with Gasteiger partial charge >= 0.3 is 0 Å². The average molecular weight is 472 g/mol. The minimum Gasteiger partial charge on any atom is -0.459 e. The topological polar surface area (TPSA) is 67.8 Å². The molecular formula is C24H26BrNO4. The summed E-state index contributed by atoms with van der Waals surface area (Å²) >= 11 is 3.47. The van der Waals surface area contributed by atoms with E-state index in [4.69, 9.17) is 9.47 Å². The molecule has 1 fully saturated rings. The molecule has 0 aromatic heterocycles. The van der Waals surface area contributed by atoms with E-state index in [-0.39, 0.29) is 18.4 Å². The van der Waals surface area contributed by atoms with Crippen LogP contribution in [0, 0.1) is 5.92 Å². The van der Waals surface area contributed by atoms with Crippen molar-refractivity contribution < 1.29 is 19.4 Å². The van der Waals surface area contributed by atoms with Crippen molar-refractivity contribution in [3.05, 3.63) is 81.5 Å². The Labute approximate surface area is 185 Å². The molecule has 0 unspecified atom stereocenters. The van der Waals surface area contributed by atoms with Crippen molar-refractivity contribution in [3.63, 3.8) is 0 Å². The highest BCUT2D eigenvalue weighted by molar-refractivity contribution is 9.10. The Balaban J connectivity index is 1.45. The second-order valence-corrected chi connectivity index (χ2v) is 8.83. The van der Waals surface area contributed by atoms with E-state index in [0.29, 0.717) is 31.2 Å². The predicted molar refractivity (Wildman–Crippen MR) is 117 cm³/mol. The molecule has 1 amide bonds. The third kappa shape index (κ3) is 5.72. The van der Waals surface area contributed by atoms with E-state index < -0.39 is 6.29 Å². The summed E-state index contributed by atoms with van der Waals surface area (Å²) < 4.78 is 13.0. The summed E-state index contributed by atoms with van der Waals surface area (Å²) in [6, 6.07) is 15.7. The zero-order chi connectivity index (χ0) is 20.9. The van der Waals surface area contributed by atoms with Gasteiger partial charge in [-0.15, -0.1) is 0 Å². The Bertz CT molecular complexity index is 890. The van der Waals surface area contributed by atoms with E-state index in [1.165, 1.54) is 12.8 Å². The largest absolute Gasteiger partial charge is 0.459 e. The summed E-state index contributed by atoms with van der Waals surface area (Å²) in [5.41, 5.74) is 2.97. The van der Waals surface area contributed by atoms with Crippen LogP contribution >= 0.6 is 15.9 Å². The maximum atomic E-state index is 12.7. The monoisotopic (exact) mass is 471 g/mol. The Morgan fingerprint density at radius 1 is 1.10 bits per heavy atom. The van der Waals surface area contributed by atoms with Crippen molar-refractivity contribution in [2.75, 3.05) is 6.54 Å². The first-order chi connectivity index (χ1) is 14.6. The van der Waals surface area contributed by atoms with Crippen molar-refractivity contribution >= 4 is 21.8 Å². The predicted octanol–water partition coefficient (Wildman–Crippen LogP) is 4.40. The lowest BCUT2D eigenvalue weighted by Gasteiger charge is -2.29. The number of nitrogens with one attached hydrogen (secondary N) is 1. The summed E-state index contributed by atoms with van der Waals surface area (Å²) in [5, 5.41) is 12.2. The van der Waals surface area contributed by atoms with Crippen LogP contribution in [-0.4, -0.2) is 23.8 Å². The van der Waals surface area contributed by atoms with Crippen LogP contribution in [0.1, 0.15) is 41.9 Å². The first kappa shape index (κ1) is 21.1. The number of hydrogen-bond acceptors (Lipinski definition) is 4. The molecule has 2 N–H and O–H groups in total. The van der Waals surface area contributed by atoms with Gasteiger partial charge in [0, 0.05) is 23.4 Å². The molecule has 2 aliphatic rings. The minimum atomic E-state index is -0.511. The lowest BCUT2D eigenvalue weighted by molar-refractivity contribution is -0.150. The molecule has 2 atom stereocenters. The van der Waals surface area contributed by atoms with Gasteiger partial charge in [-0.1, -0.05) is 52.3 Å². The number of ether oxygens (including phenoxy) is 2. The lowest BCUT2D eigenvalue weighted by Crippen LogP contribution is -2.33. The fourth-order valence-electron chi connectivity index (χ4n) is 3.44. The summed E-state index contributed by atoms with van der Waals surface area (Å²) in [7, 11) is 0. The first-order valence-electron chi connectivity index (χ1n) is 10.3. The zero-order valence-electron chi connectivity index (χ0n) is 16.7. The van der Waals surface area contributed by atoms with Crippen LogP contribution in [-0.2, 0) is 27.5 Å². The molecule has 0 spiro atoms. The molecular weight excluding hydrogens is 446 g/mol. The number of benzene rings is 2. The summed E-state index contributed by atoms with van der Waals surface area (Å²) in [4.78, 5) is 12.7. The highest BCUT2D eigenvalue weighted by atomic mass is 79.9. The van der Waals surface area contributed by atoms with Gasteiger partial charge in [0.05, 0.1) is 13.2 Å². The molecule has 2 aromatic carbocycles. The van der Waals surface area contributed by atoms with Crippen molar-refractivity contribution in [1.29, 1.82) is 0 Å². The number of amides is 1. The molecule has 1 heterocycles. The second-order valence-electron chi connectivity index (χ2n) is 7.91. The van der Waals surface area contributed by atoms with Gasteiger partial charge in [0.2, 0.25) is 6.29 Å². The molecule has 1 aliphatic heterocycles. The standard InChI is InChI=1S/C24H26BrNO4/c25-21-9-7-19(8-10-21)20-11-22(24(28)26-13-16-1-2-16)30-23(12-20)29-15-18-5-3-17(14-27)4-6-18/h3-11,16,20,23,27H,1-2,12-15H2,(H,26,28)/t20-,23+/m0/s1. The normalized spacial score (nSPS) is 20.9. The molecule has 30 heavy (non-hydrogen) atoms. The number of aliphatic hydroxyl groups excluding tert-OH is 1. The smallest absolute Gasteiger partial charge is 0.286 e. The van der Waals surface area contributed by atoms with Crippen LogP contribution in [0.4, 0.5) is 0 Å². The van der Waals surface area contributed by atoms with Crippen molar-refractivity contribution in [1.82, 2.24) is 5.32 Å². The van der Waals surface area contributed by atoms with Gasteiger partial charge in [-0.25, -0.2) is 0 Å². The van der Waals surface area contributed by atoms with Crippen LogP contribution in [0.15, 0.2) is 64.8 Å². The van der Waals surface area contributed by atoms with Crippen LogP contribution in [0.2, 0.25) is 0 Å². The number of carbonyl (C=O) groups is 1. The number of halogens is 1. The van der Waals surface area contributed by atoms with E-state index in [0.717, 1.165) is 21.2 Å². The summed E-state index contributed by atoms with van der Waals surface area (Å²) in [6.45, 7) is 1.09. The SMILES string of the molecule is O=C(NCC1CC1)C1=C[C@H](c2ccc(Br)cc2)C[C@H](OCc2ccc(CO)cc2)O1. The highest BCUT2D eigenvalue weighted by Gasteiger charge is 2.30. The van der Waals surface area contributed by atoms with Crippen LogP contribution in [0.25, 0.3) is 0 Å². The van der Waals surface area contributed by atoms with Crippen molar-refractivity contribution in [2.24, 2.45) is 5.92 Å². The molecule has 0 radical (unpaired) electrons. The minimum absolute atomic E-state index is 0.0197. The lowest BCUT2D eigenvalue weighted by atomic mass is 9.93. The Hall–Kier alpha value is -2.15. The maximum absolute atomic E-state index is 12.7. The molecule has 0 bridgehead atoms. The summed E-state index contributed by atoms with van der Waals surface area (Å²) in [6.07, 6.45) is 4.39. The molecule has 1 aliphatic carbocycles. The maximum Gasteiger partial charge on any atom is 0.286 e. The molecule has 6 heteroatoms. The molecule has 4 rings (SSSR count). The number of rotatable bonds is 8. The van der Waals surface area contributed by atoms with Gasteiger partial charge in [0.15, 0.2) is 5.76 Å². The second kappa shape index (κ2) is 9.77. The van der Waals surface area contributed by atoms with Crippen LogP contribution in [0.5, 0.6) is 0 Å². The zero-order valence-corrected chi connectivity index (χ0v) is 18.3. The molecule has 2 aromatic rings. The molecule has 0 saturated heterocycles. The van der Waals surface area contributed by atoms with Gasteiger partial charge in [0.25, 0.3) is 5.91 Å². The van der Waals surface area contributed by atoms with Crippen molar-refractivity contribution in [3.8, 4) is 0 Å². The fraction of sp³-hybridized carbons (Fsp3) is 0.375. The van der Waals surface area contributed by atoms with Crippen LogP contribution < -0.4 is 5.32 Å². The number of carbonyl (C=O) groups excluding carboxylic acids is 1. The highest BCUT2D eigenvalue weighted by Crippen LogP contribution is 2.33. The molecule has 5 nitrogen and oxygen atoms in total. The Kier molecular flexibility index (Phi) is 6.87. The molecule has 158 valence electrons. The third-order valence-electron chi connectivity index (χ3n) is 5.47.